The molecule has 2 heterocycles. The number of nitrogens with zero attached hydrogens (tertiary/aromatic N) is 3. The number of hydrogen-bond acceptors (Lipinski definition) is 3. The summed E-state index contributed by atoms with van der Waals surface area (Å²) in [4.78, 5) is 20.5. The molecule has 4 aromatic rings. The van der Waals surface area contributed by atoms with Gasteiger partial charge in [0.1, 0.15) is 11.8 Å². The summed E-state index contributed by atoms with van der Waals surface area (Å²) in [6.07, 6.45) is 0.655. The predicted octanol–water partition coefficient (Wildman–Crippen LogP) is 4.62. The Bertz CT molecular complexity index is 1170. The number of pyridine rings is 1. The number of nitrogens with one attached hydrogen (secondary N) is 1. The zero-order chi connectivity index (χ0) is 20.4. The van der Waals surface area contributed by atoms with Gasteiger partial charge in [0.2, 0.25) is 5.91 Å². The van der Waals surface area contributed by atoms with Gasteiger partial charge in [0.05, 0.1) is 23.7 Å². The standard InChI is InChI=1S/C21H15F3N4O/c22-21(23,24)15-2-1-3-16(11-15)27-20(29)10-14-4-6-17(7-5-14)28-13-26-18-12-25-9-8-19(18)28/h1-9,11-13H,10H2,(H,27,29). The van der Waals surface area contributed by atoms with E-state index in [-0.39, 0.29) is 12.1 Å². The highest BCUT2D eigenvalue weighted by Crippen LogP contribution is 2.30. The average molecular weight is 396 g/mol. The van der Waals surface area contributed by atoms with E-state index < -0.39 is 17.6 Å². The Balaban J connectivity index is 1.46. The number of carbonyl (C=O) groups excluding carboxylic acids is 1. The van der Waals surface area contributed by atoms with Gasteiger partial charge in [0.25, 0.3) is 0 Å². The summed E-state index contributed by atoms with van der Waals surface area (Å²) in [7, 11) is 0. The van der Waals surface area contributed by atoms with Crippen LogP contribution in [-0.2, 0) is 17.4 Å². The van der Waals surface area contributed by atoms with Crippen molar-refractivity contribution in [2.24, 2.45) is 0 Å². The fourth-order valence-electron chi connectivity index (χ4n) is 3.01. The van der Waals surface area contributed by atoms with E-state index in [1.807, 2.05) is 22.8 Å². The van der Waals surface area contributed by atoms with Crippen molar-refractivity contribution >= 4 is 22.6 Å². The lowest BCUT2D eigenvalue weighted by molar-refractivity contribution is -0.137. The van der Waals surface area contributed by atoms with E-state index in [9.17, 15) is 18.0 Å². The van der Waals surface area contributed by atoms with Crippen molar-refractivity contribution in [3.8, 4) is 5.69 Å². The van der Waals surface area contributed by atoms with Gasteiger partial charge in [-0.15, -0.1) is 0 Å². The van der Waals surface area contributed by atoms with Gasteiger partial charge >= 0.3 is 6.18 Å². The van der Waals surface area contributed by atoms with E-state index in [4.69, 9.17) is 0 Å². The Morgan fingerprint density at radius 2 is 1.86 bits per heavy atom. The molecule has 0 aliphatic carbocycles. The number of anilines is 1. The first-order valence-corrected chi connectivity index (χ1v) is 8.74. The quantitative estimate of drug-likeness (QED) is 0.548. The van der Waals surface area contributed by atoms with Crippen molar-refractivity contribution in [3.05, 3.63) is 84.4 Å². The molecule has 29 heavy (non-hydrogen) atoms. The molecule has 1 N–H and O–H groups in total. The maximum Gasteiger partial charge on any atom is 0.416 e. The molecule has 0 unspecified atom stereocenters. The Morgan fingerprint density at radius 1 is 1.07 bits per heavy atom. The van der Waals surface area contributed by atoms with Gasteiger partial charge in [0.15, 0.2) is 0 Å². The van der Waals surface area contributed by atoms with Gasteiger partial charge in [0, 0.05) is 17.6 Å². The third-order valence-electron chi connectivity index (χ3n) is 4.40. The van der Waals surface area contributed by atoms with Gasteiger partial charge in [-0.05, 0) is 42.0 Å². The Labute approximate surface area is 163 Å². The number of hydrogen-bond donors (Lipinski definition) is 1. The molecule has 0 fully saturated rings. The van der Waals surface area contributed by atoms with Gasteiger partial charge in [-0.1, -0.05) is 18.2 Å². The third-order valence-corrected chi connectivity index (χ3v) is 4.40. The Kier molecular flexibility index (Phi) is 4.75. The smallest absolute Gasteiger partial charge is 0.326 e. The van der Waals surface area contributed by atoms with Crippen LogP contribution in [0.2, 0.25) is 0 Å². The minimum absolute atomic E-state index is 0.0467. The minimum Gasteiger partial charge on any atom is -0.326 e. The topological polar surface area (TPSA) is 59.8 Å². The van der Waals surface area contributed by atoms with Crippen LogP contribution < -0.4 is 5.32 Å². The molecule has 0 saturated carbocycles. The zero-order valence-corrected chi connectivity index (χ0v) is 15.0. The van der Waals surface area contributed by atoms with E-state index in [1.165, 1.54) is 12.1 Å². The van der Waals surface area contributed by atoms with Crippen LogP contribution in [0.4, 0.5) is 18.9 Å². The summed E-state index contributed by atoms with van der Waals surface area (Å²) in [6.45, 7) is 0. The maximum absolute atomic E-state index is 12.8. The fraction of sp³-hybridized carbons (Fsp3) is 0.0952. The molecule has 5 nitrogen and oxygen atoms in total. The number of amides is 1. The van der Waals surface area contributed by atoms with Crippen molar-refractivity contribution in [2.45, 2.75) is 12.6 Å². The van der Waals surface area contributed by atoms with Crippen LogP contribution in [0.5, 0.6) is 0 Å². The Morgan fingerprint density at radius 3 is 2.62 bits per heavy atom. The molecule has 0 saturated heterocycles. The lowest BCUT2D eigenvalue weighted by Crippen LogP contribution is -2.15. The van der Waals surface area contributed by atoms with Gasteiger partial charge < -0.3 is 5.32 Å². The molecule has 8 heteroatoms. The lowest BCUT2D eigenvalue weighted by atomic mass is 10.1. The van der Waals surface area contributed by atoms with Crippen LogP contribution in [0.15, 0.2) is 73.3 Å². The van der Waals surface area contributed by atoms with Crippen molar-refractivity contribution in [1.82, 2.24) is 14.5 Å². The van der Waals surface area contributed by atoms with Crippen molar-refractivity contribution in [3.63, 3.8) is 0 Å². The molecule has 0 radical (unpaired) electrons. The van der Waals surface area contributed by atoms with Crippen LogP contribution >= 0.6 is 0 Å². The molecule has 1 amide bonds. The molecule has 0 aliphatic rings. The average Bonchev–Trinajstić information content (AvgIpc) is 3.12. The lowest BCUT2D eigenvalue weighted by Gasteiger charge is -2.10. The zero-order valence-electron chi connectivity index (χ0n) is 15.0. The molecule has 4 rings (SSSR count). The highest BCUT2D eigenvalue weighted by molar-refractivity contribution is 5.92. The van der Waals surface area contributed by atoms with E-state index in [0.717, 1.165) is 34.4 Å². The van der Waals surface area contributed by atoms with Crippen molar-refractivity contribution < 1.29 is 18.0 Å². The van der Waals surface area contributed by atoms with E-state index in [2.05, 4.69) is 15.3 Å². The summed E-state index contributed by atoms with van der Waals surface area (Å²) in [5.74, 6) is -0.392. The Hall–Kier alpha value is -3.68. The first-order chi connectivity index (χ1) is 13.9. The molecule has 2 aromatic heterocycles. The second-order valence-corrected chi connectivity index (χ2v) is 6.45. The number of halogens is 3. The van der Waals surface area contributed by atoms with Crippen LogP contribution in [0, 0.1) is 0 Å². The summed E-state index contributed by atoms with van der Waals surface area (Å²) >= 11 is 0. The highest BCUT2D eigenvalue weighted by atomic mass is 19.4. The number of alkyl halides is 3. The molecule has 0 aliphatic heterocycles. The highest BCUT2D eigenvalue weighted by Gasteiger charge is 2.30. The number of rotatable bonds is 4. The van der Waals surface area contributed by atoms with Crippen molar-refractivity contribution in [2.75, 3.05) is 5.32 Å². The van der Waals surface area contributed by atoms with Gasteiger partial charge in [-0.25, -0.2) is 4.98 Å². The molecule has 2 aromatic carbocycles. The van der Waals surface area contributed by atoms with E-state index in [0.29, 0.717) is 0 Å². The molecular weight excluding hydrogens is 381 g/mol. The minimum atomic E-state index is -4.45. The fourth-order valence-corrected chi connectivity index (χ4v) is 3.01. The number of benzene rings is 2. The van der Waals surface area contributed by atoms with Crippen LogP contribution in [-0.4, -0.2) is 20.4 Å². The first kappa shape index (κ1) is 18.7. The molecule has 0 spiro atoms. The number of fused-ring (bicyclic) bond motifs is 1. The maximum atomic E-state index is 12.8. The summed E-state index contributed by atoms with van der Waals surface area (Å²) in [5, 5.41) is 2.51. The first-order valence-electron chi connectivity index (χ1n) is 8.74. The second kappa shape index (κ2) is 7.38. The molecule has 146 valence electrons. The normalized spacial score (nSPS) is 11.6. The van der Waals surface area contributed by atoms with Crippen LogP contribution in [0.1, 0.15) is 11.1 Å². The summed E-state index contributed by atoms with van der Waals surface area (Å²) in [6, 6.07) is 13.7. The summed E-state index contributed by atoms with van der Waals surface area (Å²) in [5.41, 5.74) is 2.61. The van der Waals surface area contributed by atoms with Gasteiger partial charge in [-0.2, -0.15) is 13.2 Å². The molecule has 0 atom stereocenters. The largest absolute Gasteiger partial charge is 0.416 e. The number of carbonyl (C=O) groups is 1. The summed E-state index contributed by atoms with van der Waals surface area (Å²) < 4.78 is 40.3. The van der Waals surface area contributed by atoms with Gasteiger partial charge in [-0.3, -0.25) is 14.3 Å². The van der Waals surface area contributed by atoms with Crippen molar-refractivity contribution in [1.29, 1.82) is 0 Å². The van der Waals surface area contributed by atoms with E-state index in [1.54, 1.807) is 30.9 Å². The van der Waals surface area contributed by atoms with Crippen LogP contribution in [0.25, 0.3) is 16.7 Å². The monoisotopic (exact) mass is 396 g/mol. The van der Waals surface area contributed by atoms with E-state index >= 15 is 0 Å². The molecular formula is C21H15F3N4O. The third kappa shape index (κ3) is 4.11. The van der Waals surface area contributed by atoms with Crippen LogP contribution in [0.3, 0.4) is 0 Å². The SMILES string of the molecule is O=C(Cc1ccc(-n2cnc3cnccc32)cc1)Nc1cccc(C(F)(F)F)c1. The number of aromatic nitrogens is 3. The predicted molar refractivity (Wildman–Crippen MR) is 103 cm³/mol. The number of imidazole rings is 1. The second-order valence-electron chi connectivity index (χ2n) is 6.45. The molecule has 0 bridgehead atoms.